The zero-order valence-electron chi connectivity index (χ0n) is 19.2. The van der Waals surface area contributed by atoms with Gasteiger partial charge in [-0.05, 0) is 46.0 Å². The Balaban J connectivity index is 1.77. The van der Waals surface area contributed by atoms with Crippen LogP contribution in [0, 0.1) is 0 Å². The third kappa shape index (κ3) is 6.04. The Morgan fingerprint density at radius 3 is 2.72 bits per heavy atom. The highest BCUT2D eigenvalue weighted by Gasteiger charge is 2.27. The lowest BCUT2D eigenvalue weighted by Gasteiger charge is -2.39. The smallest absolute Gasteiger partial charge is 0.407 e. The molecule has 0 spiro atoms. The minimum absolute atomic E-state index is 0.0173. The first-order valence-electron chi connectivity index (χ1n) is 10.6. The number of esters is 1. The number of piperazine rings is 1. The van der Waals surface area contributed by atoms with Crippen LogP contribution < -0.4 is 10.9 Å². The number of nitrogens with zero attached hydrogens (tertiary/aromatic N) is 3. The second-order valence-electron chi connectivity index (χ2n) is 9.01. The number of carbonyl (C=O) groups excluding carboxylic acids is 2. The highest BCUT2D eigenvalue weighted by Crippen LogP contribution is 2.15. The zero-order chi connectivity index (χ0) is 23.5. The van der Waals surface area contributed by atoms with Crippen LogP contribution in [0.4, 0.5) is 4.79 Å². The Morgan fingerprint density at radius 2 is 2.03 bits per heavy atom. The topological polar surface area (TPSA) is 117 Å². The summed E-state index contributed by atoms with van der Waals surface area (Å²) in [5, 5.41) is 3.24. The zero-order valence-corrected chi connectivity index (χ0v) is 19.2. The average molecular weight is 446 g/mol. The summed E-state index contributed by atoms with van der Waals surface area (Å²) in [6.07, 6.45) is -0.460. The SMILES string of the molecule is COC(=O)c1ccc2c(=O)[nH]c(CN3CCN(C)CC3CNC(=O)OC(C)(C)C)nc2c1. The van der Waals surface area contributed by atoms with Crippen molar-refractivity contribution < 1.29 is 19.1 Å². The van der Waals surface area contributed by atoms with E-state index in [1.807, 2.05) is 27.8 Å². The predicted octanol–water partition coefficient (Wildman–Crippen LogP) is 1.35. The molecule has 10 nitrogen and oxygen atoms in total. The highest BCUT2D eigenvalue weighted by molar-refractivity contribution is 5.93. The fourth-order valence-electron chi connectivity index (χ4n) is 3.67. The maximum absolute atomic E-state index is 12.6. The van der Waals surface area contributed by atoms with Gasteiger partial charge in [-0.15, -0.1) is 0 Å². The number of hydrogen-bond donors (Lipinski definition) is 2. The van der Waals surface area contributed by atoms with Crippen LogP contribution in [0.15, 0.2) is 23.0 Å². The lowest BCUT2D eigenvalue weighted by Crippen LogP contribution is -2.56. The molecule has 0 bridgehead atoms. The number of aromatic amines is 1. The summed E-state index contributed by atoms with van der Waals surface area (Å²) in [6, 6.07) is 4.69. The summed E-state index contributed by atoms with van der Waals surface area (Å²) < 4.78 is 10.1. The van der Waals surface area contributed by atoms with Gasteiger partial charge in [-0.25, -0.2) is 14.6 Å². The molecule has 1 unspecified atom stereocenters. The highest BCUT2D eigenvalue weighted by atomic mass is 16.6. The molecule has 1 aromatic heterocycles. The minimum Gasteiger partial charge on any atom is -0.465 e. The Hall–Kier alpha value is -2.98. The predicted molar refractivity (Wildman–Crippen MR) is 120 cm³/mol. The summed E-state index contributed by atoms with van der Waals surface area (Å²) in [6.45, 7) is 8.63. The maximum atomic E-state index is 12.6. The second-order valence-corrected chi connectivity index (χ2v) is 9.01. The van der Waals surface area contributed by atoms with E-state index < -0.39 is 17.7 Å². The molecule has 0 radical (unpaired) electrons. The van der Waals surface area contributed by atoms with E-state index >= 15 is 0 Å². The molecule has 0 saturated carbocycles. The van der Waals surface area contributed by atoms with Gasteiger partial charge in [0.2, 0.25) is 0 Å². The number of rotatable bonds is 5. The van der Waals surface area contributed by atoms with E-state index in [1.165, 1.54) is 7.11 Å². The van der Waals surface area contributed by atoms with Crippen molar-refractivity contribution in [3.63, 3.8) is 0 Å². The number of likely N-dealkylation sites (N-methyl/N-ethyl adjacent to an activating group) is 1. The Kier molecular flexibility index (Phi) is 7.15. The Bertz CT molecular complexity index is 1050. The number of carbonyl (C=O) groups is 2. The normalized spacial score (nSPS) is 17.8. The molecular formula is C22H31N5O5. The van der Waals surface area contributed by atoms with Crippen molar-refractivity contribution in [2.75, 3.05) is 40.3 Å². The minimum atomic E-state index is -0.565. The fraction of sp³-hybridized carbons (Fsp3) is 0.545. The fourth-order valence-corrected chi connectivity index (χ4v) is 3.67. The van der Waals surface area contributed by atoms with E-state index in [-0.39, 0.29) is 11.6 Å². The third-order valence-corrected chi connectivity index (χ3v) is 5.22. The van der Waals surface area contributed by atoms with Crippen molar-refractivity contribution in [2.45, 2.75) is 39.0 Å². The molecule has 3 rings (SSSR count). The van der Waals surface area contributed by atoms with Gasteiger partial charge in [-0.3, -0.25) is 9.69 Å². The molecule has 0 aliphatic carbocycles. The molecule has 32 heavy (non-hydrogen) atoms. The van der Waals surface area contributed by atoms with Gasteiger partial charge in [0.1, 0.15) is 11.4 Å². The van der Waals surface area contributed by atoms with Gasteiger partial charge in [0.05, 0.1) is 30.1 Å². The number of hydrogen-bond acceptors (Lipinski definition) is 8. The molecule has 1 saturated heterocycles. The van der Waals surface area contributed by atoms with Crippen LogP contribution in [0.1, 0.15) is 37.0 Å². The molecule has 1 aromatic carbocycles. The van der Waals surface area contributed by atoms with Gasteiger partial charge in [0, 0.05) is 32.2 Å². The van der Waals surface area contributed by atoms with E-state index in [4.69, 9.17) is 9.47 Å². The Labute approximate surface area is 186 Å². The number of benzene rings is 1. The summed E-state index contributed by atoms with van der Waals surface area (Å²) in [7, 11) is 3.34. The molecule has 1 aliphatic rings. The average Bonchev–Trinajstić information content (AvgIpc) is 2.71. The van der Waals surface area contributed by atoms with Gasteiger partial charge in [-0.1, -0.05) is 0 Å². The number of H-pyrrole nitrogens is 1. The van der Waals surface area contributed by atoms with E-state index in [0.717, 1.165) is 19.6 Å². The van der Waals surface area contributed by atoms with Crippen molar-refractivity contribution in [2.24, 2.45) is 0 Å². The van der Waals surface area contributed by atoms with Crippen LogP contribution in [0.25, 0.3) is 10.9 Å². The van der Waals surface area contributed by atoms with Crippen molar-refractivity contribution in [1.29, 1.82) is 0 Å². The van der Waals surface area contributed by atoms with Gasteiger partial charge in [0.25, 0.3) is 5.56 Å². The van der Waals surface area contributed by atoms with Crippen LogP contribution in [0.3, 0.4) is 0 Å². The van der Waals surface area contributed by atoms with E-state index in [0.29, 0.717) is 35.4 Å². The number of ether oxygens (including phenoxy) is 2. The molecule has 174 valence electrons. The van der Waals surface area contributed by atoms with E-state index in [1.54, 1.807) is 18.2 Å². The van der Waals surface area contributed by atoms with Gasteiger partial charge >= 0.3 is 12.1 Å². The summed E-state index contributed by atoms with van der Waals surface area (Å²) in [5.41, 5.74) is -0.0590. The summed E-state index contributed by atoms with van der Waals surface area (Å²) >= 11 is 0. The van der Waals surface area contributed by atoms with Crippen LogP contribution in [0.5, 0.6) is 0 Å². The van der Waals surface area contributed by atoms with Crippen molar-refractivity contribution in [3.8, 4) is 0 Å². The number of methoxy groups -OCH3 is 1. The van der Waals surface area contributed by atoms with Crippen LogP contribution in [-0.2, 0) is 16.0 Å². The summed E-state index contributed by atoms with van der Waals surface area (Å²) in [4.78, 5) is 48.3. The number of nitrogens with one attached hydrogen (secondary N) is 2. The molecule has 1 fully saturated rings. The van der Waals surface area contributed by atoms with Gasteiger partial charge in [-0.2, -0.15) is 0 Å². The lowest BCUT2D eigenvalue weighted by atomic mass is 10.1. The molecule has 1 aliphatic heterocycles. The molecule has 10 heteroatoms. The molecule has 1 amide bonds. The second kappa shape index (κ2) is 9.66. The first-order chi connectivity index (χ1) is 15.1. The quantitative estimate of drug-likeness (QED) is 0.663. The van der Waals surface area contributed by atoms with Crippen molar-refractivity contribution in [3.05, 3.63) is 39.9 Å². The summed E-state index contributed by atoms with van der Waals surface area (Å²) in [5.74, 6) is 0.0132. The number of alkyl carbamates (subject to hydrolysis) is 1. The monoisotopic (exact) mass is 445 g/mol. The van der Waals surface area contributed by atoms with Crippen LogP contribution in [-0.4, -0.2) is 83.8 Å². The molecular weight excluding hydrogens is 414 g/mol. The lowest BCUT2D eigenvalue weighted by molar-refractivity contribution is 0.0450. The Morgan fingerprint density at radius 1 is 1.28 bits per heavy atom. The first-order valence-corrected chi connectivity index (χ1v) is 10.6. The first kappa shape index (κ1) is 23.7. The standard InChI is InChI=1S/C22H31N5O5/c1-22(2,3)32-21(30)23-11-15-12-26(4)8-9-27(15)13-18-24-17-10-14(20(29)31-5)6-7-16(17)19(28)25-18/h6-7,10,15H,8-9,11-13H2,1-5H3,(H,23,30)(H,24,25,28). The van der Waals surface area contributed by atoms with Crippen LogP contribution in [0.2, 0.25) is 0 Å². The van der Waals surface area contributed by atoms with Crippen LogP contribution >= 0.6 is 0 Å². The number of aromatic nitrogens is 2. The van der Waals surface area contributed by atoms with E-state index in [9.17, 15) is 14.4 Å². The largest absolute Gasteiger partial charge is 0.465 e. The van der Waals surface area contributed by atoms with Gasteiger partial charge in [0.15, 0.2) is 0 Å². The molecule has 2 N–H and O–H groups in total. The molecule has 1 atom stereocenters. The molecule has 2 heterocycles. The van der Waals surface area contributed by atoms with Crippen molar-refractivity contribution >= 4 is 23.0 Å². The number of amides is 1. The van der Waals surface area contributed by atoms with Gasteiger partial charge < -0.3 is 24.7 Å². The van der Waals surface area contributed by atoms with Crippen molar-refractivity contribution in [1.82, 2.24) is 25.1 Å². The van der Waals surface area contributed by atoms with E-state index in [2.05, 4.69) is 25.1 Å². The number of fused-ring (bicyclic) bond motifs is 1. The maximum Gasteiger partial charge on any atom is 0.407 e. The molecule has 2 aromatic rings. The third-order valence-electron chi connectivity index (χ3n) is 5.22.